The second-order valence-corrected chi connectivity index (χ2v) is 2.95. The Morgan fingerprint density at radius 3 is 2.38 bits per heavy atom. The summed E-state index contributed by atoms with van der Waals surface area (Å²) in [5.74, 6) is -0.589. The number of hydrogen-bond donors (Lipinski definition) is 0. The van der Waals surface area contributed by atoms with Gasteiger partial charge in [0.25, 0.3) is 0 Å². The highest BCUT2D eigenvalue weighted by Crippen LogP contribution is 2.20. The highest BCUT2D eigenvalue weighted by molar-refractivity contribution is 5.97. The smallest absolute Gasteiger partial charge is 0.166 e. The van der Waals surface area contributed by atoms with Crippen LogP contribution in [0.2, 0.25) is 0 Å². The number of halogens is 1. The summed E-state index contributed by atoms with van der Waals surface area (Å²) < 4.78 is 17.8. The molecule has 88 valence electrons. The van der Waals surface area contributed by atoms with Gasteiger partial charge < -0.3 is 9.53 Å². The maximum Gasteiger partial charge on any atom is 0.166 e. The fourth-order valence-corrected chi connectivity index (χ4v) is 1.02. The molecule has 16 heavy (non-hydrogen) atoms. The van der Waals surface area contributed by atoms with E-state index in [1.807, 2.05) is 6.92 Å². The van der Waals surface area contributed by atoms with E-state index >= 15 is 0 Å². The number of methoxy groups -OCH3 is 1. The lowest BCUT2D eigenvalue weighted by Crippen LogP contribution is -2.00. The minimum Gasteiger partial charge on any atom is -0.496 e. The van der Waals surface area contributed by atoms with Gasteiger partial charge in [-0.3, -0.25) is 4.79 Å². The quantitative estimate of drug-likeness (QED) is 0.587. The van der Waals surface area contributed by atoms with Gasteiger partial charge in [-0.2, -0.15) is 0 Å². The number of ether oxygens (including phenoxy) is 1. The first-order valence-electron chi connectivity index (χ1n) is 4.85. The molecule has 0 N–H and O–H groups in total. The first-order chi connectivity index (χ1) is 7.58. The summed E-state index contributed by atoms with van der Waals surface area (Å²) in [7, 11) is 1.40. The van der Waals surface area contributed by atoms with E-state index in [4.69, 9.17) is 4.74 Å². The lowest BCUT2D eigenvalue weighted by molar-refractivity contribution is -0.107. The van der Waals surface area contributed by atoms with E-state index in [1.165, 1.54) is 26.2 Å². The van der Waals surface area contributed by atoms with Crippen LogP contribution in [0.3, 0.4) is 0 Å². The van der Waals surface area contributed by atoms with Gasteiger partial charge in [0, 0.05) is 6.42 Å². The molecule has 0 fully saturated rings. The third-order valence-electron chi connectivity index (χ3n) is 1.71. The number of ketones is 1. The Morgan fingerprint density at radius 2 is 2.06 bits per heavy atom. The van der Waals surface area contributed by atoms with E-state index in [2.05, 4.69) is 0 Å². The summed E-state index contributed by atoms with van der Waals surface area (Å²) in [4.78, 5) is 20.1. The normalized spacial score (nSPS) is 8.75. The van der Waals surface area contributed by atoms with Crippen molar-refractivity contribution in [3.05, 3.63) is 29.6 Å². The number of Topliss-reactive ketones (excluding diaryl/α,β-unsaturated/α-hetero) is 1. The van der Waals surface area contributed by atoms with Crippen molar-refractivity contribution in [1.29, 1.82) is 0 Å². The standard InChI is InChI=1S/C9H9FO2.C3H6O/c1-6(11)9-7(10)4-3-5-8(9)12-2;1-2-3-4/h3-5H,1-2H3;3H,2H2,1H3. The summed E-state index contributed by atoms with van der Waals surface area (Å²) in [6.45, 7) is 3.12. The van der Waals surface area contributed by atoms with E-state index in [0.29, 0.717) is 6.42 Å². The Balaban J connectivity index is 0.000000487. The van der Waals surface area contributed by atoms with Crippen molar-refractivity contribution in [2.75, 3.05) is 7.11 Å². The zero-order valence-corrected chi connectivity index (χ0v) is 9.62. The number of hydrogen-bond acceptors (Lipinski definition) is 3. The van der Waals surface area contributed by atoms with Crippen LogP contribution in [0.1, 0.15) is 30.6 Å². The summed E-state index contributed by atoms with van der Waals surface area (Å²) in [6.07, 6.45) is 1.51. The zero-order valence-electron chi connectivity index (χ0n) is 9.62. The third-order valence-corrected chi connectivity index (χ3v) is 1.71. The Labute approximate surface area is 94.2 Å². The molecule has 0 spiro atoms. The predicted octanol–water partition coefficient (Wildman–Crippen LogP) is 2.63. The van der Waals surface area contributed by atoms with E-state index < -0.39 is 5.82 Å². The zero-order chi connectivity index (χ0) is 12.6. The maximum absolute atomic E-state index is 13.0. The van der Waals surface area contributed by atoms with E-state index in [0.717, 1.165) is 6.29 Å². The van der Waals surface area contributed by atoms with Crippen LogP contribution in [0.25, 0.3) is 0 Å². The minimum atomic E-state index is -0.540. The van der Waals surface area contributed by atoms with Gasteiger partial charge in [-0.1, -0.05) is 13.0 Å². The summed E-state index contributed by atoms with van der Waals surface area (Å²) in [5.41, 5.74) is 0.0139. The highest BCUT2D eigenvalue weighted by Gasteiger charge is 2.12. The van der Waals surface area contributed by atoms with Gasteiger partial charge >= 0.3 is 0 Å². The van der Waals surface area contributed by atoms with Crippen molar-refractivity contribution in [1.82, 2.24) is 0 Å². The van der Waals surface area contributed by atoms with Crippen LogP contribution in [0.4, 0.5) is 4.39 Å². The van der Waals surface area contributed by atoms with Crippen LogP contribution in [0.5, 0.6) is 5.75 Å². The van der Waals surface area contributed by atoms with Crippen molar-refractivity contribution >= 4 is 12.1 Å². The summed E-state index contributed by atoms with van der Waals surface area (Å²) in [5, 5.41) is 0. The van der Waals surface area contributed by atoms with E-state index in [1.54, 1.807) is 6.07 Å². The molecule has 1 aromatic rings. The molecule has 1 aromatic carbocycles. The monoisotopic (exact) mass is 226 g/mol. The molecule has 0 bridgehead atoms. The molecule has 0 heterocycles. The lowest BCUT2D eigenvalue weighted by atomic mass is 10.1. The average Bonchev–Trinajstić information content (AvgIpc) is 2.28. The van der Waals surface area contributed by atoms with Gasteiger partial charge in [0.2, 0.25) is 0 Å². The number of carbonyl (C=O) groups excluding carboxylic acids is 2. The molecule has 1 rings (SSSR count). The van der Waals surface area contributed by atoms with Crippen LogP contribution < -0.4 is 4.74 Å². The molecule has 0 saturated heterocycles. The second kappa shape index (κ2) is 7.56. The highest BCUT2D eigenvalue weighted by atomic mass is 19.1. The van der Waals surface area contributed by atoms with Crippen LogP contribution in [0.15, 0.2) is 18.2 Å². The molecule has 0 unspecified atom stereocenters. The maximum atomic E-state index is 13.0. The largest absolute Gasteiger partial charge is 0.496 e. The Kier molecular flexibility index (Phi) is 6.76. The van der Waals surface area contributed by atoms with Gasteiger partial charge in [0.05, 0.1) is 12.7 Å². The number of rotatable bonds is 3. The fourth-order valence-electron chi connectivity index (χ4n) is 1.02. The van der Waals surface area contributed by atoms with E-state index in [-0.39, 0.29) is 17.1 Å². The first kappa shape index (κ1) is 14.3. The molecular formula is C12H15FO3. The first-order valence-corrected chi connectivity index (χ1v) is 4.85. The van der Waals surface area contributed by atoms with Crippen LogP contribution in [-0.4, -0.2) is 19.2 Å². The molecular weight excluding hydrogens is 211 g/mol. The molecule has 0 saturated carbocycles. The van der Waals surface area contributed by atoms with Crippen LogP contribution in [-0.2, 0) is 4.79 Å². The van der Waals surface area contributed by atoms with Crippen LogP contribution >= 0.6 is 0 Å². The lowest BCUT2D eigenvalue weighted by Gasteiger charge is -2.05. The number of carbonyl (C=O) groups is 2. The summed E-state index contributed by atoms with van der Waals surface area (Å²) >= 11 is 0. The fraction of sp³-hybridized carbons (Fsp3) is 0.333. The molecule has 4 heteroatoms. The second-order valence-electron chi connectivity index (χ2n) is 2.95. The molecule has 0 aromatic heterocycles. The number of benzene rings is 1. The van der Waals surface area contributed by atoms with Crippen LogP contribution in [0, 0.1) is 5.82 Å². The average molecular weight is 226 g/mol. The van der Waals surface area contributed by atoms with Crippen molar-refractivity contribution in [2.24, 2.45) is 0 Å². The molecule has 3 nitrogen and oxygen atoms in total. The Morgan fingerprint density at radius 1 is 1.50 bits per heavy atom. The summed E-state index contributed by atoms with van der Waals surface area (Å²) in [6, 6.07) is 4.29. The SMILES string of the molecule is CCC=O.COc1cccc(F)c1C(C)=O. The van der Waals surface area contributed by atoms with Gasteiger partial charge in [0.1, 0.15) is 17.9 Å². The predicted molar refractivity (Wildman–Crippen MR) is 59.3 cm³/mol. The number of aldehydes is 1. The van der Waals surface area contributed by atoms with Gasteiger partial charge in [-0.05, 0) is 19.1 Å². The molecule has 0 aliphatic rings. The topological polar surface area (TPSA) is 43.4 Å². The molecule has 0 amide bonds. The Bertz CT molecular complexity index is 361. The van der Waals surface area contributed by atoms with Gasteiger partial charge in [-0.25, -0.2) is 4.39 Å². The third kappa shape index (κ3) is 4.21. The molecule has 0 aliphatic carbocycles. The van der Waals surface area contributed by atoms with Crippen molar-refractivity contribution in [3.8, 4) is 5.75 Å². The van der Waals surface area contributed by atoms with Gasteiger partial charge in [0.15, 0.2) is 5.78 Å². The molecule has 0 radical (unpaired) electrons. The van der Waals surface area contributed by atoms with E-state index in [9.17, 15) is 14.0 Å². The Hall–Kier alpha value is -1.71. The van der Waals surface area contributed by atoms with Gasteiger partial charge in [-0.15, -0.1) is 0 Å². The van der Waals surface area contributed by atoms with Crippen molar-refractivity contribution in [3.63, 3.8) is 0 Å². The molecule has 0 atom stereocenters. The van der Waals surface area contributed by atoms with Crippen molar-refractivity contribution < 1.29 is 18.7 Å². The minimum absolute atomic E-state index is 0.0139. The molecule has 0 aliphatic heterocycles. The van der Waals surface area contributed by atoms with Crippen molar-refractivity contribution in [2.45, 2.75) is 20.3 Å².